The first-order chi connectivity index (χ1) is 4.76. The summed E-state index contributed by atoms with van der Waals surface area (Å²) in [7, 11) is -0.610. The molecule has 0 fully saturated rings. The molecule has 2 heteroatoms. The summed E-state index contributed by atoms with van der Waals surface area (Å²) in [5.74, 6) is 0. The minimum absolute atomic E-state index is 0.438. The lowest BCUT2D eigenvalue weighted by atomic mass is 10.5. The number of hydrogen-bond donors (Lipinski definition) is 0. The Morgan fingerprint density at radius 2 is 2.00 bits per heavy atom. The van der Waals surface area contributed by atoms with E-state index in [0.29, 0.717) is 5.00 Å². The fourth-order valence-corrected chi connectivity index (χ4v) is 4.52. The van der Waals surface area contributed by atoms with Crippen molar-refractivity contribution in [2.24, 2.45) is 0 Å². The van der Waals surface area contributed by atoms with Crippen molar-refractivity contribution < 1.29 is 0 Å². The van der Waals surface area contributed by atoms with E-state index in [9.17, 15) is 0 Å². The molecule has 0 heterocycles. The number of hydrogen-bond acceptors (Lipinski definition) is 0. The topological polar surface area (TPSA) is 0 Å². The van der Waals surface area contributed by atoms with Crippen LogP contribution in [0.1, 0.15) is 20.3 Å². The van der Waals surface area contributed by atoms with E-state index in [4.69, 9.17) is 11.6 Å². The van der Waals surface area contributed by atoms with Gasteiger partial charge in [-0.25, -0.2) is 0 Å². The van der Waals surface area contributed by atoms with Gasteiger partial charge in [0.1, 0.15) is 0 Å². The van der Waals surface area contributed by atoms with E-state index < -0.39 is 8.80 Å². The molecule has 0 amide bonds. The van der Waals surface area contributed by atoms with Gasteiger partial charge in [0.2, 0.25) is 0 Å². The standard InChI is InChI=1S/C8H17ClSi/c1-4-7-8(9)10(5-2)6-3/h4,8,10H,1,5-7H2,2-3H3. The molecular formula is C8H17ClSi. The van der Waals surface area contributed by atoms with Gasteiger partial charge in [0.15, 0.2) is 0 Å². The van der Waals surface area contributed by atoms with Gasteiger partial charge in [-0.15, -0.1) is 18.2 Å². The fraction of sp³-hybridized carbons (Fsp3) is 0.750. The van der Waals surface area contributed by atoms with Gasteiger partial charge >= 0.3 is 0 Å². The number of allylic oxidation sites excluding steroid dienone is 1. The van der Waals surface area contributed by atoms with Gasteiger partial charge in [0.05, 0.1) is 8.80 Å². The van der Waals surface area contributed by atoms with Gasteiger partial charge < -0.3 is 0 Å². The first-order valence-electron chi connectivity index (χ1n) is 4.01. The molecular weight excluding hydrogens is 160 g/mol. The molecule has 60 valence electrons. The minimum Gasteiger partial charge on any atom is -0.127 e. The SMILES string of the molecule is C=CCC(Cl)[SiH](CC)CC. The van der Waals surface area contributed by atoms with Crippen molar-refractivity contribution in [1.29, 1.82) is 0 Å². The Bertz CT molecular complexity index is 89.3. The third-order valence-corrected chi connectivity index (χ3v) is 6.59. The van der Waals surface area contributed by atoms with Gasteiger partial charge in [0.25, 0.3) is 0 Å². The predicted octanol–water partition coefficient (Wildman–Crippen LogP) is 2.98. The van der Waals surface area contributed by atoms with Crippen molar-refractivity contribution in [3.8, 4) is 0 Å². The highest BCUT2D eigenvalue weighted by atomic mass is 35.5. The molecule has 0 nitrogen and oxygen atoms in total. The van der Waals surface area contributed by atoms with E-state index in [2.05, 4.69) is 20.4 Å². The van der Waals surface area contributed by atoms with Crippen LogP contribution in [0.3, 0.4) is 0 Å². The summed E-state index contributed by atoms with van der Waals surface area (Å²) in [5, 5.41) is 0.438. The molecule has 0 rings (SSSR count). The third kappa shape index (κ3) is 3.42. The summed E-state index contributed by atoms with van der Waals surface area (Å²) in [6.45, 7) is 8.19. The van der Waals surface area contributed by atoms with Crippen LogP contribution in [-0.2, 0) is 0 Å². The zero-order valence-corrected chi connectivity index (χ0v) is 8.85. The van der Waals surface area contributed by atoms with Gasteiger partial charge in [-0.3, -0.25) is 0 Å². The summed E-state index contributed by atoms with van der Waals surface area (Å²) >= 11 is 6.14. The second kappa shape index (κ2) is 5.99. The lowest BCUT2D eigenvalue weighted by Gasteiger charge is -2.15. The average molecular weight is 177 g/mol. The largest absolute Gasteiger partial charge is 0.127 e. The van der Waals surface area contributed by atoms with Crippen molar-refractivity contribution >= 4 is 20.4 Å². The van der Waals surface area contributed by atoms with Crippen LogP contribution in [-0.4, -0.2) is 13.8 Å². The Balaban J connectivity index is 3.63. The van der Waals surface area contributed by atoms with Gasteiger partial charge in [-0.2, -0.15) is 0 Å². The monoisotopic (exact) mass is 176 g/mol. The summed E-state index contributed by atoms with van der Waals surface area (Å²) in [4.78, 5) is 0. The third-order valence-electron chi connectivity index (χ3n) is 1.95. The molecule has 0 aromatic heterocycles. The maximum atomic E-state index is 6.14. The van der Waals surface area contributed by atoms with Crippen molar-refractivity contribution in [2.75, 3.05) is 0 Å². The molecule has 0 N–H and O–H groups in total. The van der Waals surface area contributed by atoms with Crippen LogP contribution < -0.4 is 0 Å². The van der Waals surface area contributed by atoms with E-state index in [0.717, 1.165) is 6.42 Å². The molecule has 0 bridgehead atoms. The van der Waals surface area contributed by atoms with Crippen LogP contribution in [0.25, 0.3) is 0 Å². The van der Waals surface area contributed by atoms with Gasteiger partial charge in [-0.1, -0.05) is 32.0 Å². The lowest BCUT2D eigenvalue weighted by Crippen LogP contribution is -2.23. The zero-order valence-electron chi connectivity index (χ0n) is 6.94. The molecule has 0 aromatic rings. The Hall–Kier alpha value is 0.247. The number of halogens is 1. The highest BCUT2D eigenvalue weighted by molar-refractivity contribution is 6.69. The summed E-state index contributed by atoms with van der Waals surface area (Å²) < 4.78 is 0. The summed E-state index contributed by atoms with van der Waals surface area (Å²) in [6.07, 6.45) is 2.93. The molecule has 0 saturated carbocycles. The quantitative estimate of drug-likeness (QED) is 0.343. The van der Waals surface area contributed by atoms with Gasteiger partial charge in [-0.05, 0) is 6.42 Å². The summed E-state index contributed by atoms with van der Waals surface area (Å²) in [6, 6.07) is 2.64. The molecule has 0 spiro atoms. The molecule has 0 aliphatic carbocycles. The molecule has 0 aliphatic heterocycles. The molecule has 0 saturated heterocycles. The molecule has 0 aromatic carbocycles. The van der Waals surface area contributed by atoms with E-state index in [1.807, 2.05) is 6.08 Å². The number of alkyl halides is 1. The van der Waals surface area contributed by atoms with E-state index in [-0.39, 0.29) is 0 Å². The Morgan fingerprint density at radius 3 is 2.30 bits per heavy atom. The maximum Gasteiger partial charge on any atom is 0.0578 e. The highest BCUT2D eigenvalue weighted by Crippen LogP contribution is 2.13. The van der Waals surface area contributed by atoms with E-state index in [1.54, 1.807) is 0 Å². The van der Waals surface area contributed by atoms with Gasteiger partial charge in [0, 0.05) is 5.00 Å². The lowest BCUT2D eigenvalue weighted by molar-refractivity contribution is 1.08. The minimum atomic E-state index is -0.610. The molecule has 0 aliphatic rings. The number of rotatable bonds is 5. The van der Waals surface area contributed by atoms with E-state index >= 15 is 0 Å². The van der Waals surface area contributed by atoms with Crippen LogP contribution >= 0.6 is 11.6 Å². The first kappa shape index (κ1) is 10.2. The first-order valence-corrected chi connectivity index (χ1v) is 6.74. The maximum absolute atomic E-state index is 6.14. The van der Waals surface area contributed by atoms with Crippen molar-refractivity contribution in [3.63, 3.8) is 0 Å². The van der Waals surface area contributed by atoms with E-state index in [1.165, 1.54) is 12.1 Å². The molecule has 1 unspecified atom stereocenters. The van der Waals surface area contributed by atoms with Crippen molar-refractivity contribution in [2.45, 2.75) is 37.4 Å². The Labute approximate surface area is 70.9 Å². The Kier molecular flexibility index (Phi) is 6.14. The fourth-order valence-electron chi connectivity index (χ4n) is 1.15. The smallest absolute Gasteiger partial charge is 0.0578 e. The van der Waals surface area contributed by atoms with Crippen LogP contribution in [0, 0.1) is 0 Å². The van der Waals surface area contributed by atoms with Crippen molar-refractivity contribution in [3.05, 3.63) is 12.7 Å². The normalized spacial score (nSPS) is 13.6. The van der Waals surface area contributed by atoms with Crippen LogP contribution in [0.4, 0.5) is 0 Å². The Morgan fingerprint density at radius 1 is 1.50 bits per heavy atom. The molecule has 10 heavy (non-hydrogen) atoms. The molecule has 1 atom stereocenters. The van der Waals surface area contributed by atoms with Crippen LogP contribution in [0.5, 0.6) is 0 Å². The second-order valence-electron chi connectivity index (χ2n) is 2.62. The second-order valence-corrected chi connectivity index (χ2v) is 7.56. The molecule has 0 radical (unpaired) electrons. The average Bonchev–Trinajstić information content (AvgIpc) is 1.91. The van der Waals surface area contributed by atoms with Crippen molar-refractivity contribution in [1.82, 2.24) is 0 Å². The predicted molar refractivity (Wildman–Crippen MR) is 52.6 cm³/mol. The highest BCUT2D eigenvalue weighted by Gasteiger charge is 2.14. The van der Waals surface area contributed by atoms with Crippen LogP contribution in [0.2, 0.25) is 12.1 Å². The zero-order chi connectivity index (χ0) is 7.98. The van der Waals surface area contributed by atoms with Crippen LogP contribution in [0.15, 0.2) is 12.7 Å². The summed E-state index contributed by atoms with van der Waals surface area (Å²) in [5.41, 5.74) is 0.